The van der Waals surface area contributed by atoms with Gasteiger partial charge in [0.2, 0.25) is 0 Å². The van der Waals surface area contributed by atoms with Crippen LogP contribution in [0.15, 0.2) is 30.7 Å². The first-order valence-corrected chi connectivity index (χ1v) is 9.19. The van der Waals surface area contributed by atoms with Crippen LogP contribution in [-0.2, 0) is 11.8 Å². The molecule has 1 aliphatic heterocycles. The number of rotatable bonds is 4. The quantitative estimate of drug-likeness (QED) is 0.691. The van der Waals surface area contributed by atoms with E-state index in [-0.39, 0.29) is 0 Å². The van der Waals surface area contributed by atoms with Crippen molar-refractivity contribution in [3.8, 4) is 11.4 Å². The van der Waals surface area contributed by atoms with Crippen LogP contribution in [0.1, 0.15) is 0 Å². The van der Waals surface area contributed by atoms with Gasteiger partial charge in [-0.05, 0) is 26.2 Å². The predicted octanol–water partition coefficient (Wildman–Crippen LogP) is 1.44. The summed E-state index contributed by atoms with van der Waals surface area (Å²) in [6.07, 6.45) is 5.38. The minimum absolute atomic E-state index is 0.425. The molecule has 0 aromatic carbocycles. The molecule has 0 aliphatic carbocycles. The van der Waals surface area contributed by atoms with Gasteiger partial charge in [-0.15, -0.1) is 0 Å². The monoisotopic (exact) mass is 367 g/mol. The Hall–Kier alpha value is -2.58. The molecule has 0 bridgehead atoms. The molecule has 4 rings (SSSR count). The molecule has 4 heterocycles. The highest BCUT2D eigenvalue weighted by Crippen LogP contribution is 2.28. The summed E-state index contributed by atoms with van der Waals surface area (Å²) in [6.45, 7) is 4.15. The smallest absolute Gasteiger partial charge is 0.164 e. The Morgan fingerprint density at radius 2 is 2.04 bits per heavy atom. The summed E-state index contributed by atoms with van der Waals surface area (Å²) in [7, 11) is 6.11. The lowest BCUT2D eigenvalue weighted by Gasteiger charge is -2.26. The Kier molecular flexibility index (Phi) is 5.00. The molecule has 1 unspecified atom stereocenters. The third-order valence-electron chi connectivity index (χ3n) is 4.77. The molecule has 3 aromatic rings. The van der Waals surface area contributed by atoms with Crippen molar-refractivity contribution in [1.82, 2.24) is 29.6 Å². The van der Waals surface area contributed by atoms with E-state index in [2.05, 4.69) is 34.0 Å². The molecule has 0 amide bonds. The van der Waals surface area contributed by atoms with Crippen LogP contribution in [0.5, 0.6) is 0 Å². The number of pyridine rings is 1. The Labute approximate surface area is 158 Å². The highest BCUT2D eigenvalue weighted by Gasteiger charge is 2.24. The van der Waals surface area contributed by atoms with E-state index in [1.807, 2.05) is 25.4 Å². The van der Waals surface area contributed by atoms with Crippen molar-refractivity contribution in [2.45, 2.75) is 0 Å². The molecule has 0 spiro atoms. The van der Waals surface area contributed by atoms with E-state index in [1.165, 1.54) is 0 Å². The first-order chi connectivity index (χ1) is 13.1. The number of nitrogens with zero attached hydrogens (tertiary/aromatic N) is 7. The molecule has 27 heavy (non-hydrogen) atoms. The number of fused-ring (bicyclic) bond motifs is 1. The van der Waals surface area contributed by atoms with Gasteiger partial charge in [0.1, 0.15) is 5.82 Å². The van der Waals surface area contributed by atoms with E-state index < -0.39 is 0 Å². The highest BCUT2D eigenvalue weighted by atomic mass is 16.5. The summed E-state index contributed by atoms with van der Waals surface area (Å²) in [5.74, 6) is 2.04. The third kappa shape index (κ3) is 3.77. The minimum Gasteiger partial charge on any atom is -0.379 e. The first-order valence-electron chi connectivity index (χ1n) is 9.19. The lowest BCUT2D eigenvalue weighted by Crippen LogP contribution is -2.35. The van der Waals surface area contributed by atoms with Gasteiger partial charge in [-0.3, -0.25) is 9.67 Å². The number of ether oxygens (including phenoxy) is 1. The number of hydrogen-bond donors (Lipinski definition) is 0. The van der Waals surface area contributed by atoms with Crippen molar-refractivity contribution in [3.05, 3.63) is 30.7 Å². The molecule has 1 saturated heterocycles. The fourth-order valence-electron chi connectivity index (χ4n) is 3.58. The predicted molar refractivity (Wildman–Crippen MR) is 105 cm³/mol. The van der Waals surface area contributed by atoms with Gasteiger partial charge in [-0.1, -0.05) is 0 Å². The van der Waals surface area contributed by atoms with Crippen molar-refractivity contribution < 1.29 is 4.74 Å². The van der Waals surface area contributed by atoms with Gasteiger partial charge in [0, 0.05) is 50.6 Å². The van der Waals surface area contributed by atoms with E-state index in [1.54, 1.807) is 17.1 Å². The van der Waals surface area contributed by atoms with Crippen molar-refractivity contribution in [3.63, 3.8) is 0 Å². The number of aryl methyl sites for hydroxylation is 1. The zero-order valence-corrected chi connectivity index (χ0v) is 16.0. The largest absolute Gasteiger partial charge is 0.379 e. The Bertz CT molecular complexity index is 909. The molecule has 0 N–H and O–H groups in total. The number of anilines is 1. The second-order valence-electron chi connectivity index (χ2n) is 7.26. The molecular formula is C19H25N7O. The zero-order valence-electron chi connectivity index (χ0n) is 16.0. The van der Waals surface area contributed by atoms with Crippen molar-refractivity contribution in [2.75, 3.05) is 51.8 Å². The van der Waals surface area contributed by atoms with Crippen molar-refractivity contribution >= 4 is 16.9 Å². The average molecular weight is 367 g/mol. The van der Waals surface area contributed by atoms with Crippen LogP contribution in [0.25, 0.3) is 22.4 Å². The van der Waals surface area contributed by atoms with Crippen LogP contribution in [0, 0.1) is 5.92 Å². The van der Waals surface area contributed by atoms with Gasteiger partial charge in [-0.2, -0.15) is 5.10 Å². The summed E-state index contributed by atoms with van der Waals surface area (Å²) >= 11 is 0. The van der Waals surface area contributed by atoms with Gasteiger partial charge >= 0.3 is 0 Å². The van der Waals surface area contributed by atoms with Gasteiger partial charge in [0.25, 0.3) is 0 Å². The molecule has 0 saturated carbocycles. The summed E-state index contributed by atoms with van der Waals surface area (Å²) in [4.78, 5) is 18.3. The van der Waals surface area contributed by atoms with Gasteiger partial charge < -0.3 is 14.5 Å². The lowest BCUT2D eigenvalue weighted by molar-refractivity contribution is 0.113. The van der Waals surface area contributed by atoms with Crippen LogP contribution in [-0.4, -0.2) is 76.6 Å². The maximum Gasteiger partial charge on any atom is 0.164 e. The van der Waals surface area contributed by atoms with Gasteiger partial charge in [0.15, 0.2) is 11.5 Å². The molecule has 8 nitrogen and oxygen atoms in total. The normalized spacial score (nSPS) is 18.2. The summed E-state index contributed by atoms with van der Waals surface area (Å²) in [5.41, 5.74) is 1.78. The molecule has 1 fully saturated rings. The number of aromatic nitrogens is 5. The topological polar surface area (TPSA) is 72.2 Å². The minimum atomic E-state index is 0.425. The Morgan fingerprint density at radius 1 is 1.22 bits per heavy atom. The molecule has 8 heteroatoms. The molecule has 1 aliphatic rings. The fourth-order valence-corrected chi connectivity index (χ4v) is 3.58. The maximum atomic E-state index is 5.85. The van der Waals surface area contributed by atoms with Crippen LogP contribution in [0.2, 0.25) is 0 Å². The van der Waals surface area contributed by atoms with Gasteiger partial charge in [-0.25, -0.2) is 9.97 Å². The summed E-state index contributed by atoms with van der Waals surface area (Å²) in [6, 6.07) is 3.86. The second kappa shape index (κ2) is 7.58. The Morgan fingerprint density at radius 3 is 2.81 bits per heavy atom. The maximum absolute atomic E-state index is 5.85. The van der Waals surface area contributed by atoms with E-state index in [0.717, 1.165) is 48.7 Å². The van der Waals surface area contributed by atoms with Crippen LogP contribution in [0.4, 0.5) is 5.82 Å². The van der Waals surface area contributed by atoms with E-state index in [9.17, 15) is 0 Å². The molecular weight excluding hydrogens is 342 g/mol. The van der Waals surface area contributed by atoms with Crippen LogP contribution >= 0.6 is 0 Å². The standard InChI is InChI=1S/C19H25N7O/c1-24(2)11-14-12-26(8-9-27-13-14)19-16-10-21-25(3)18(16)22-17(23-19)15-4-6-20-7-5-15/h4-7,10,14H,8-9,11-13H2,1-3H3. The SMILES string of the molecule is CN(C)CC1COCCN(c2nc(-c3ccncc3)nc3c2cnn3C)C1. The molecule has 142 valence electrons. The lowest BCUT2D eigenvalue weighted by atomic mass is 10.1. The third-order valence-corrected chi connectivity index (χ3v) is 4.77. The van der Waals surface area contributed by atoms with Crippen molar-refractivity contribution in [2.24, 2.45) is 13.0 Å². The van der Waals surface area contributed by atoms with Crippen LogP contribution in [0.3, 0.4) is 0 Å². The van der Waals surface area contributed by atoms with Gasteiger partial charge in [0.05, 0.1) is 24.8 Å². The second-order valence-corrected chi connectivity index (χ2v) is 7.26. The molecule has 1 atom stereocenters. The summed E-state index contributed by atoms with van der Waals surface area (Å²) in [5, 5.41) is 5.39. The van der Waals surface area contributed by atoms with Crippen molar-refractivity contribution in [1.29, 1.82) is 0 Å². The highest BCUT2D eigenvalue weighted by molar-refractivity contribution is 5.88. The zero-order chi connectivity index (χ0) is 18.8. The van der Waals surface area contributed by atoms with E-state index in [4.69, 9.17) is 14.7 Å². The van der Waals surface area contributed by atoms with Crippen LogP contribution < -0.4 is 4.90 Å². The first kappa shape index (κ1) is 17.8. The van der Waals surface area contributed by atoms with E-state index >= 15 is 0 Å². The average Bonchev–Trinajstić information content (AvgIpc) is 2.89. The van der Waals surface area contributed by atoms with E-state index in [0.29, 0.717) is 18.3 Å². The number of hydrogen-bond acceptors (Lipinski definition) is 7. The Balaban J connectivity index is 1.77. The molecule has 0 radical (unpaired) electrons. The summed E-state index contributed by atoms with van der Waals surface area (Å²) < 4.78 is 7.65. The molecule has 3 aromatic heterocycles. The fraction of sp³-hybridized carbons (Fsp3) is 0.474.